The van der Waals surface area contributed by atoms with Gasteiger partial charge in [-0.2, -0.15) is 0 Å². The predicted octanol–water partition coefficient (Wildman–Crippen LogP) is 4.55. The standard InChI is InChI=1S/C32H38FN3O5/c33-26-7-10-28(29(37)22-26)32-30(2-1-13-34-32)41-23-31(38)36-14-11-25(12-15-36)4-3-24-5-8-27(9-6-24)40-21-18-35-16-19-39-20-17-35/h1-2,5-10,13,22,25,37H,3-4,11-12,14-21,23H2. The summed E-state index contributed by atoms with van der Waals surface area (Å²) in [6.45, 7) is 6.46. The number of pyridine rings is 1. The van der Waals surface area contributed by atoms with Gasteiger partial charge in [0.1, 0.15) is 35.4 Å². The van der Waals surface area contributed by atoms with Gasteiger partial charge in [-0.15, -0.1) is 0 Å². The van der Waals surface area contributed by atoms with Crippen LogP contribution in [0.4, 0.5) is 4.39 Å². The smallest absolute Gasteiger partial charge is 0.260 e. The number of phenolic OH excluding ortho intramolecular Hbond substituents is 1. The summed E-state index contributed by atoms with van der Waals surface area (Å²) in [7, 11) is 0. The third kappa shape index (κ3) is 8.17. The van der Waals surface area contributed by atoms with E-state index in [-0.39, 0.29) is 18.3 Å². The maximum atomic E-state index is 13.4. The summed E-state index contributed by atoms with van der Waals surface area (Å²) >= 11 is 0. The van der Waals surface area contributed by atoms with Crippen LogP contribution in [0.3, 0.4) is 0 Å². The number of carbonyl (C=O) groups is 1. The molecular weight excluding hydrogens is 525 g/mol. The summed E-state index contributed by atoms with van der Waals surface area (Å²) in [4.78, 5) is 21.4. The number of piperidine rings is 1. The van der Waals surface area contributed by atoms with E-state index in [2.05, 4.69) is 34.1 Å². The van der Waals surface area contributed by atoms with Gasteiger partial charge in [0.05, 0.1) is 13.2 Å². The van der Waals surface area contributed by atoms with Gasteiger partial charge < -0.3 is 24.2 Å². The number of carbonyl (C=O) groups excluding carboxylic acids is 1. The molecule has 2 fully saturated rings. The number of likely N-dealkylation sites (tertiary alicyclic amines) is 1. The second kappa shape index (κ2) is 14.3. The number of aromatic nitrogens is 1. The van der Waals surface area contributed by atoms with E-state index in [0.29, 0.717) is 42.6 Å². The van der Waals surface area contributed by atoms with Crippen molar-refractivity contribution in [1.29, 1.82) is 0 Å². The van der Waals surface area contributed by atoms with Crippen LogP contribution in [0.2, 0.25) is 0 Å². The number of hydrogen-bond acceptors (Lipinski definition) is 7. The fourth-order valence-electron chi connectivity index (χ4n) is 5.36. The maximum Gasteiger partial charge on any atom is 0.260 e. The van der Waals surface area contributed by atoms with Gasteiger partial charge in [0.25, 0.3) is 5.91 Å². The Balaban J connectivity index is 1.02. The van der Waals surface area contributed by atoms with Crippen LogP contribution in [0.5, 0.6) is 17.2 Å². The molecule has 2 aliphatic heterocycles. The van der Waals surface area contributed by atoms with Crippen molar-refractivity contribution < 1.29 is 28.5 Å². The first-order chi connectivity index (χ1) is 20.0. The number of benzene rings is 2. The molecule has 0 aliphatic carbocycles. The molecule has 9 heteroatoms. The van der Waals surface area contributed by atoms with Crippen LogP contribution < -0.4 is 9.47 Å². The van der Waals surface area contributed by atoms with E-state index in [1.54, 1.807) is 18.3 Å². The number of amides is 1. The number of aromatic hydroxyl groups is 1. The monoisotopic (exact) mass is 563 g/mol. The lowest BCUT2D eigenvalue weighted by Crippen LogP contribution is -2.41. The number of rotatable bonds is 11. The van der Waals surface area contributed by atoms with Crippen molar-refractivity contribution in [2.24, 2.45) is 5.92 Å². The van der Waals surface area contributed by atoms with E-state index in [0.717, 1.165) is 70.3 Å². The molecule has 0 radical (unpaired) electrons. The number of halogens is 1. The molecule has 3 heterocycles. The quantitative estimate of drug-likeness (QED) is 0.366. The number of nitrogens with zero attached hydrogens (tertiary/aromatic N) is 3. The van der Waals surface area contributed by atoms with Crippen molar-refractivity contribution in [3.8, 4) is 28.5 Å². The lowest BCUT2D eigenvalue weighted by Gasteiger charge is -2.32. The van der Waals surface area contributed by atoms with Gasteiger partial charge in [0.2, 0.25) is 0 Å². The first kappa shape index (κ1) is 28.8. The highest BCUT2D eigenvalue weighted by atomic mass is 19.1. The molecule has 2 saturated heterocycles. The Kier molecular flexibility index (Phi) is 10.0. The number of hydrogen-bond donors (Lipinski definition) is 1. The molecule has 1 amide bonds. The minimum Gasteiger partial charge on any atom is -0.507 e. The number of morpholine rings is 1. The van der Waals surface area contributed by atoms with Crippen molar-refractivity contribution in [3.05, 3.63) is 72.2 Å². The van der Waals surface area contributed by atoms with E-state index >= 15 is 0 Å². The molecule has 3 aromatic rings. The number of aryl methyl sites for hydroxylation is 1. The summed E-state index contributed by atoms with van der Waals surface area (Å²) in [5.41, 5.74) is 2.02. The summed E-state index contributed by atoms with van der Waals surface area (Å²) < 4.78 is 30.5. The zero-order chi connectivity index (χ0) is 28.4. The van der Waals surface area contributed by atoms with Gasteiger partial charge in [-0.1, -0.05) is 12.1 Å². The van der Waals surface area contributed by atoms with E-state index in [9.17, 15) is 14.3 Å². The number of phenols is 1. The lowest BCUT2D eigenvalue weighted by molar-refractivity contribution is -0.134. The third-order valence-corrected chi connectivity index (χ3v) is 7.85. The molecule has 0 unspecified atom stereocenters. The Morgan fingerprint density at radius 1 is 1.02 bits per heavy atom. The first-order valence-electron chi connectivity index (χ1n) is 14.4. The minimum atomic E-state index is -0.540. The first-order valence-corrected chi connectivity index (χ1v) is 14.4. The fourth-order valence-corrected chi connectivity index (χ4v) is 5.36. The molecule has 2 aromatic carbocycles. The van der Waals surface area contributed by atoms with Crippen LogP contribution >= 0.6 is 0 Å². The highest BCUT2D eigenvalue weighted by Gasteiger charge is 2.23. The van der Waals surface area contributed by atoms with Gasteiger partial charge >= 0.3 is 0 Å². The normalized spacial score (nSPS) is 16.5. The van der Waals surface area contributed by atoms with Crippen molar-refractivity contribution >= 4 is 5.91 Å². The van der Waals surface area contributed by atoms with Gasteiger partial charge in [0.15, 0.2) is 6.61 Å². The molecule has 2 aliphatic rings. The maximum absolute atomic E-state index is 13.4. The van der Waals surface area contributed by atoms with Crippen molar-refractivity contribution in [3.63, 3.8) is 0 Å². The fraction of sp³-hybridized carbons (Fsp3) is 0.438. The average Bonchev–Trinajstić information content (AvgIpc) is 3.00. The van der Waals surface area contributed by atoms with Crippen molar-refractivity contribution in [2.75, 3.05) is 59.2 Å². The average molecular weight is 564 g/mol. The molecule has 8 nitrogen and oxygen atoms in total. The third-order valence-electron chi connectivity index (χ3n) is 7.85. The lowest BCUT2D eigenvalue weighted by atomic mass is 9.90. The Labute approximate surface area is 240 Å². The summed E-state index contributed by atoms with van der Waals surface area (Å²) in [6, 6.07) is 15.5. The second-order valence-corrected chi connectivity index (χ2v) is 10.6. The Bertz CT molecular complexity index is 1270. The summed E-state index contributed by atoms with van der Waals surface area (Å²) in [5.74, 6) is 1.00. The van der Waals surface area contributed by atoms with E-state index in [1.165, 1.54) is 17.7 Å². The molecule has 41 heavy (non-hydrogen) atoms. The van der Waals surface area contributed by atoms with Crippen LogP contribution in [-0.4, -0.2) is 84.9 Å². The highest BCUT2D eigenvalue weighted by Crippen LogP contribution is 2.34. The molecule has 0 saturated carbocycles. The van der Waals surface area contributed by atoms with E-state index < -0.39 is 5.82 Å². The zero-order valence-corrected chi connectivity index (χ0v) is 23.3. The summed E-state index contributed by atoms with van der Waals surface area (Å²) in [5, 5.41) is 10.2. The van der Waals surface area contributed by atoms with Crippen LogP contribution in [0, 0.1) is 11.7 Å². The molecule has 218 valence electrons. The van der Waals surface area contributed by atoms with Gasteiger partial charge in [-0.05, 0) is 73.6 Å². The van der Waals surface area contributed by atoms with Gasteiger partial charge in [-0.25, -0.2) is 4.39 Å². The van der Waals surface area contributed by atoms with Crippen molar-refractivity contribution in [1.82, 2.24) is 14.8 Å². The molecular formula is C32H38FN3O5. The van der Waals surface area contributed by atoms with E-state index in [1.807, 2.05) is 4.90 Å². The Morgan fingerprint density at radius 2 is 1.80 bits per heavy atom. The largest absolute Gasteiger partial charge is 0.507 e. The number of ether oxygens (including phenoxy) is 3. The minimum absolute atomic E-state index is 0.0780. The van der Waals surface area contributed by atoms with Crippen LogP contribution in [-0.2, 0) is 16.0 Å². The molecule has 0 atom stereocenters. The SMILES string of the molecule is O=C(COc1cccnc1-c1ccc(F)cc1O)N1CCC(CCc2ccc(OCCN3CCOCC3)cc2)CC1. The molecule has 1 N–H and O–H groups in total. The van der Waals surface area contributed by atoms with Gasteiger partial charge in [-0.3, -0.25) is 14.7 Å². The van der Waals surface area contributed by atoms with E-state index in [4.69, 9.17) is 14.2 Å². The van der Waals surface area contributed by atoms with Crippen LogP contribution in [0.1, 0.15) is 24.8 Å². The molecule has 5 rings (SSSR count). The topological polar surface area (TPSA) is 84.4 Å². The van der Waals surface area contributed by atoms with Crippen LogP contribution in [0.15, 0.2) is 60.8 Å². The molecule has 0 spiro atoms. The van der Waals surface area contributed by atoms with Crippen molar-refractivity contribution in [2.45, 2.75) is 25.7 Å². The molecule has 0 bridgehead atoms. The molecule has 1 aromatic heterocycles. The Hall–Kier alpha value is -3.69. The predicted molar refractivity (Wildman–Crippen MR) is 154 cm³/mol. The van der Waals surface area contributed by atoms with Crippen LogP contribution in [0.25, 0.3) is 11.3 Å². The second-order valence-electron chi connectivity index (χ2n) is 10.6. The zero-order valence-electron chi connectivity index (χ0n) is 23.3. The Morgan fingerprint density at radius 3 is 2.56 bits per heavy atom. The van der Waals surface area contributed by atoms with Gasteiger partial charge in [0, 0.05) is 50.6 Å². The summed E-state index contributed by atoms with van der Waals surface area (Å²) in [6.07, 6.45) is 5.60. The highest BCUT2D eigenvalue weighted by molar-refractivity contribution is 5.78.